The largest absolute Gasteiger partial charge is 0.481 e. The molecule has 12 nitrogen and oxygen atoms in total. The number of aliphatic hydroxyl groups is 1. The summed E-state index contributed by atoms with van der Waals surface area (Å²) in [6, 6.07) is 6.13. The number of aliphatic carboxylic acids is 4. The second-order valence-corrected chi connectivity index (χ2v) is 5.30. The van der Waals surface area contributed by atoms with Crippen LogP contribution in [0.1, 0.15) is 12.0 Å². The van der Waals surface area contributed by atoms with Crippen LogP contribution < -0.4 is 17.2 Å². The van der Waals surface area contributed by atoms with Gasteiger partial charge in [-0.15, -0.1) is 0 Å². The molecule has 0 saturated carbocycles. The molecule has 0 heterocycles. The number of carbonyl (C=O) groups is 4. The van der Waals surface area contributed by atoms with E-state index in [4.69, 9.17) is 42.7 Å². The van der Waals surface area contributed by atoms with Crippen LogP contribution in [-0.4, -0.2) is 74.1 Å². The molecule has 0 saturated heterocycles. The van der Waals surface area contributed by atoms with Crippen LogP contribution in [0.2, 0.25) is 0 Å². The fourth-order valence-electron chi connectivity index (χ4n) is 1.31. The average molecular weight is 403 g/mol. The van der Waals surface area contributed by atoms with E-state index in [1.165, 1.54) is 0 Å². The highest BCUT2D eigenvalue weighted by atomic mass is 16.4. The van der Waals surface area contributed by atoms with E-state index in [0.29, 0.717) is 6.42 Å². The van der Waals surface area contributed by atoms with E-state index < -0.39 is 55.0 Å². The molecule has 1 rings (SSSR count). The van der Waals surface area contributed by atoms with Gasteiger partial charge in [-0.3, -0.25) is 19.2 Å². The summed E-state index contributed by atoms with van der Waals surface area (Å²) < 4.78 is 0. The molecular formula is C16H25N3O9. The van der Waals surface area contributed by atoms with Gasteiger partial charge in [-0.05, 0) is 12.0 Å². The average Bonchev–Trinajstić information content (AvgIpc) is 2.62. The molecule has 1 aromatic rings. The number of carboxylic acid groups (broad SMARTS) is 4. The van der Waals surface area contributed by atoms with Gasteiger partial charge in [0.25, 0.3) is 0 Å². The van der Waals surface area contributed by atoms with Crippen molar-refractivity contribution in [2.75, 3.05) is 6.61 Å². The van der Waals surface area contributed by atoms with E-state index in [9.17, 15) is 19.2 Å². The molecule has 0 radical (unpaired) electrons. The summed E-state index contributed by atoms with van der Waals surface area (Å²) in [6.07, 6.45) is -0.147. The Morgan fingerprint density at radius 3 is 1.43 bits per heavy atom. The monoisotopic (exact) mass is 403 g/mol. The summed E-state index contributed by atoms with van der Waals surface area (Å²) in [6.45, 7) is -0.505. The van der Waals surface area contributed by atoms with Crippen LogP contribution in [0, 0.1) is 0 Å². The van der Waals surface area contributed by atoms with Gasteiger partial charge in [-0.2, -0.15) is 0 Å². The van der Waals surface area contributed by atoms with Crippen molar-refractivity contribution in [1.29, 1.82) is 0 Å². The molecule has 0 amide bonds. The second-order valence-electron chi connectivity index (χ2n) is 5.30. The molecular weight excluding hydrogens is 378 g/mol. The van der Waals surface area contributed by atoms with Crippen LogP contribution >= 0.6 is 0 Å². The number of hydrogen-bond donors (Lipinski definition) is 8. The summed E-state index contributed by atoms with van der Waals surface area (Å²) in [4.78, 5) is 39.6. The van der Waals surface area contributed by atoms with Gasteiger partial charge in [0.2, 0.25) is 0 Å². The van der Waals surface area contributed by atoms with Crippen molar-refractivity contribution in [2.45, 2.75) is 31.0 Å². The minimum Gasteiger partial charge on any atom is -0.481 e. The first-order valence-corrected chi connectivity index (χ1v) is 7.74. The Bertz CT molecular complexity index is 625. The molecule has 12 heteroatoms. The zero-order valence-corrected chi connectivity index (χ0v) is 14.8. The Balaban J connectivity index is 0. The van der Waals surface area contributed by atoms with E-state index in [1.807, 2.05) is 30.3 Å². The molecule has 0 unspecified atom stereocenters. The van der Waals surface area contributed by atoms with Gasteiger partial charge in [0.1, 0.15) is 18.1 Å². The maximum atomic E-state index is 10.4. The molecule has 0 bridgehead atoms. The fourth-order valence-corrected chi connectivity index (χ4v) is 1.31. The van der Waals surface area contributed by atoms with E-state index in [-0.39, 0.29) is 0 Å². The molecule has 0 spiro atoms. The summed E-state index contributed by atoms with van der Waals surface area (Å²) in [5, 5.41) is 40.4. The fraction of sp³-hybridized carbons (Fsp3) is 0.375. The molecule has 1 aromatic carbocycles. The van der Waals surface area contributed by atoms with Gasteiger partial charge in [-0.25, -0.2) is 0 Å². The number of benzene rings is 1. The van der Waals surface area contributed by atoms with Crippen LogP contribution in [0.3, 0.4) is 0 Å². The third-order valence-electron chi connectivity index (χ3n) is 2.84. The number of rotatable bonds is 8. The van der Waals surface area contributed by atoms with E-state index in [1.54, 1.807) is 0 Å². The lowest BCUT2D eigenvalue weighted by Crippen LogP contribution is -2.33. The highest BCUT2D eigenvalue weighted by Crippen LogP contribution is 2.01. The third-order valence-corrected chi connectivity index (χ3v) is 2.84. The smallest absolute Gasteiger partial charge is 0.322 e. The molecule has 11 N–H and O–H groups in total. The molecule has 0 fully saturated rings. The van der Waals surface area contributed by atoms with Gasteiger partial charge in [0.15, 0.2) is 0 Å². The predicted molar refractivity (Wildman–Crippen MR) is 96.3 cm³/mol. The highest BCUT2D eigenvalue weighted by Gasteiger charge is 2.14. The summed E-state index contributed by atoms with van der Waals surface area (Å²) in [5.74, 6) is -4.64. The van der Waals surface area contributed by atoms with Crippen LogP contribution in [0.15, 0.2) is 30.3 Å². The van der Waals surface area contributed by atoms with E-state index >= 15 is 0 Å². The topological polar surface area (TPSA) is 247 Å². The summed E-state index contributed by atoms with van der Waals surface area (Å²) in [5.41, 5.74) is 15.9. The first kappa shape index (κ1) is 27.2. The number of hydrogen-bond acceptors (Lipinski definition) is 8. The Labute approximate surface area is 160 Å². The van der Waals surface area contributed by atoms with E-state index in [2.05, 4.69) is 0 Å². The standard InChI is InChI=1S/C9H11NO2.C4H7NO4.C3H7NO3/c10-8(9(11)12)6-7-4-2-1-3-5-7;5-2(4(8)9)1-3(6)7;4-2(1-5)3(6)7/h1-5,8H,6,10H2,(H,11,12);2H,1,5H2,(H,6,7)(H,8,9);2,5H,1,4H2,(H,6,7)/t8-;2*2-/m000/s1. The number of nitrogens with two attached hydrogens (primary N) is 3. The van der Waals surface area contributed by atoms with Crippen LogP contribution in [0.4, 0.5) is 0 Å². The van der Waals surface area contributed by atoms with Crippen molar-refractivity contribution >= 4 is 23.9 Å². The molecule has 158 valence electrons. The van der Waals surface area contributed by atoms with Crippen LogP contribution in [-0.2, 0) is 25.6 Å². The van der Waals surface area contributed by atoms with Crippen molar-refractivity contribution < 1.29 is 44.7 Å². The zero-order valence-electron chi connectivity index (χ0n) is 14.8. The maximum absolute atomic E-state index is 10.4. The lowest BCUT2D eigenvalue weighted by molar-refractivity contribution is -0.144. The minimum absolute atomic E-state index is 0.385. The number of carboxylic acids is 4. The molecule has 0 aliphatic rings. The van der Waals surface area contributed by atoms with Gasteiger partial charge in [0, 0.05) is 0 Å². The second kappa shape index (κ2) is 15.0. The van der Waals surface area contributed by atoms with E-state index in [0.717, 1.165) is 5.56 Å². The number of aliphatic hydroxyl groups excluding tert-OH is 1. The summed E-state index contributed by atoms with van der Waals surface area (Å²) in [7, 11) is 0. The normalized spacial score (nSPS) is 12.7. The van der Waals surface area contributed by atoms with Crippen LogP contribution in [0.25, 0.3) is 0 Å². The Morgan fingerprint density at radius 2 is 1.18 bits per heavy atom. The SMILES string of the molecule is N[C@@H](CC(=O)O)C(=O)O.N[C@@H](CO)C(=O)O.N[C@@H](Cc1ccccc1)C(=O)O. The Hall–Kier alpha value is -3.06. The highest BCUT2D eigenvalue weighted by molar-refractivity contribution is 5.80. The molecule has 3 atom stereocenters. The Morgan fingerprint density at radius 1 is 0.750 bits per heavy atom. The van der Waals surface area contributed by atoms with Crippen molar-refractivity contribution in [3.63, 3.8) is 0 Å². The first-order valence-electron chi connectivity index (χ1n) is 7.74. The molecule has 0 aliphatic heterocycles. The van der Waals surface area contributed by atoms with Crippen molar-refractivity contribution in [2.24, 2.45) is 17.2 Å². The third kappa shape index (κ3) is 15.2. The maximum Gasteiger partial charge on any atom is 0.322 e. The first-order chi connectivity index (χ1) is 12.9. The Kier molecular flexibility index (Phi) is 14.6. The molecule has 28 heavy (non-hydrogen) atoms. The van der Waals surface area contributed by atoms with Gasteiger partial charge in [0.05, 0.1) is 13.0 Å². The summed E-state index contributed by atoms with van der Waals surface area (Å²) >= 11 is 0. The quantitative estimate of drug-likeness (QED) is 0.232. The van der Waals surface area contributed by atoms with Gasteiger partial charge < -0.3 is 42.7 Å². The lowest BCUT2D eigenvalue weighted by atomic mass is 10.1. The van der Waals surface area contributed by atoms with Crippen molar-refractivity contribution in [3.8, 4) is 0 Å². The zero-order chi connectivity index (χ0) is 22.3. The minimum atomic E-state index is -1.29. The lowest BCUT2D eigenvalue weighted by Gasteiger charge is -2.04. The van der Waals surface area contributed by atoms with Crippen molar-refractivity contribution in [1.82, 2.24) is 0 Å². The predicted octanol–water partition coefficient (Wildman–Crippen LogP) is -2.10. The molecule has 0 aromatic heterocycles. The van der Waals surface area contributed by atoms with Crippen molar-refractivity contribution in [3.05, 3.63) is 35.9 Å². The molecule has 0 aliphatic carbocycles. The van der Waals surface area contributed by atoms with Gasteiger partial charge in [-0.1, -0.05) is 30.3 Å². The van der Waals surface area contributed by atoms with Gasteiger partial charge >= 0.3 is 23.9 Å². The van der Waals surface area contributed by atoms with Crippen LogP contribution in [0.5, 0.6) is 0 Å².